The largest absolute Gasteiger partial charge is 0.319 e. The van der Waals surface area contributed by atoms with Crippen molar-refractivity contribution in [2.75, 3.05) is 5.32 Å². The molecule has 0 aliphatic heterocycles. The molecular weight excluding hydrogens is 369 g/mol. The van der Waals surface area contributed by atoms with Gasteiger partial charge in [-0.1, -0.05) is 18.2 Å². The van der Waals surface area contributed by atoms with Crippen LogP contribution in [0.1, 0.15) is 15.9 Å². The first-order valence-corrected chi connectivity index (χ1v) is 9.48. The van der Waals surface area contributed by atoms with E-state index in [9.17, 15) is 17.6 Å². The number of nitrogens with zero attached hydrogens (tertiary/aromatic N) is 1. The first kappa shape index (κ1) is 18.7. The smallest absolute Gasteiger partial charge is 0.255 e. The second-order valence-electron chi connectivity index (χ2n) is 5.64. The maximum atomic E-state index is 13.6. The van der Waals surface area contributed by atoms with Crippen molar-refractivity contribution >= 4 is 21.6 Å². The molecular formula is C19H16FN3O3S. The fourth-order valence-electron chi connectivity index (χ4n) is 2.31. The fraction of sp³-hybridized carbons (Fsp3) is 0.0526. The Morgan fingerprint density at radius 1 is 1.00 bits per heavy atom. The Morgan fingerprint density at radius 3 is 2.41 bits per heavy atom. The Labute approximate surface area is 156 Å². The molecule has 3 aromatic rings. The predicted octanol–water partition coefficient (Wildman–Crippen LogP) is 2.95. The van der Waals surface area contributed by atoms with E-state index in [4.69, 9.17) is 0 Å². The zero-order chi connectivity index (χ0) is 19.3. The minimum atomic E-state index is -3.74. The lowest BCUT2D eigenvalue weighted by molar-refractivity contribution is 0.102. The van der Waals surface area contributed by atoms with Crippen LogP contribution in [0.5, 0.6) is 0 Å². The van der Waals surface area contributed by atoms with E-state index in [1.807, 2.05) is 0 Å². The summed E-state index contributed by atoms with van der Waals surface area (Å²) in [5.41, 5.74) is 0.990. The van der Waals surface area contributed by atoms with Gasteiger partial charge in [0.15, 0.2) is 0 Å². The van der Waals surface area contributed by atoms with E-state index in [1.54, 1.807) is 30.6 Å². The maximum absolute atomic E-state index is 13.6. The van der Waals surface area contributed by atoms with Crippen molar-refractivity contribution in [3.63, 3.8) is 0 Å². The quantitative estimate of drug-likeness (QED) is 0.683. The van der Waals surface area contributed by atoms with Crippen LogP contribution in [-0.2, 0) is 16.6 Å². The molecule has 1 amide bonds. The highest BCUT2D eigenvalue weighted by Crippen LogP contribution is 2.16. The first-order chi connectivity index (χ1) is 13.0. The number of halogens is 1. The normalized spacial score (nSPS) is 11.1. The van der Waals surface area contributed by atoms with Gasteiger partial charge >= 0.3 is 0 Å². The molecule has 0 atom stereocenters. The van der Waals surface area contributed by atoms with Crippen LogP contribution >= 0.6 is 0 Å². The molecule has 1 heterocycles. The second kappa shape index (κ2) is 8.07. The number of aromatic nitrogens is 1. The van der Waals surface area contributed by atoms with Crippen molar-refractivity contribution in [3.8, 4) is 0 Å². The van der Waals surface area contributed by atoms with Crippen molar-refractivity contribution in [2.24, 2.45) is 0 Å². The van der Waals surface area contributed by atoms with Crippen molar-refractivity contribution in [2.45, 2.75) is 11.4 Å². The zero-order valence-corrected chi connectivity index (χ0v) is 14.9. The highest BCUT2D eigenvalue weighted by Gasteiger charge is 2.15. The lowest BCUT2D eigenvalue weighted by atomic mass is 10.2. The van der Waals surface area contributed by atoms with Gasteiger partial charge in [0.05, 0.1) is 10.6 Å². The molecule has 1 aromatic heterocycles. The van der Waals surface area contributed by atoms with E-state index in [0.717, 1.165) is 5.56 Å². The molecule has 0 saturated heterocycles. The van der Waals surface area contributed by atoms with Crippen LogP contribution in [0.4, 0.5) is 10.1 Å². The van der Waals surface area contributed by atoms with Crippen molar-refractivity contribution in [1.29, 1.82) is 0 Å². The van der Waals surface area contributed by atoms with E-state index < -0.39 is 21.7 Å². The van der Waals surface area contributed by atoms with E-state index in [-0.39, 0.29) is 22.7 Å². The standard InChI is InChI=1S/C19H16FN3O3S/c20-17-5-1-2-6-18(17)23-19(24)15-7-9-16(10-8-15)27(25,26)22-13-14-4-3-11-21-12-14/h1-12,22H,13H2,(H,23,24). The average molecular weight is 385 g/mol. The van der Waals surface area contributed by atoms with Gasteiger partial charge in [-0.2, -0.15) is 0 Å². The highest BCUT2D eigenvalue weighted by atomic mass is 32.2. The third kappa shape index (κ3) is 4.75. The molecule has 27 heavy (non-hydrogen) atoms. The van der Waals surface area contributed by atoms with Crippen molar-refractivity contribution in [1.82, 2.24) is 9.71 Å². The number of sulfonamides is 1. The molecule has 0 aliphatic carbocycles. The van der Waals surface area contributed by atoms with Crippen LogP contribution in [0.15, 0.2) is 78.0 Å². The number of para-hydroxylation sites is 1. The molecule has 2 N–H and O–H groups in total. The lowest BCUT2D eigenvalue weighted by Gasteiger charge is -2.09. The Kier molecular flexibility index (Phi) is 5.58. The molecule has 0 aliphatic rings. The van der Waals surface area contributed by atoms with Crippen LogP contribution in [-0.4, -0.2) is 19.3 Å². The minimum absolute atomic E-state index is 0.0221. The number of carbonyl (C=O) groups excluding carboxylic acids is 1. The third-order valence-electron chi connectivity index (χ3n) is 3.74. The maximum Gasteiger partial charge on any atom is 0.255 e. The van der Waals surface area contributed by atoms with Crippen LogP contribution < -0.4 is 10.0 Å². The number of benzene rings is 2. The van der Waals surface area contributed by atoms with Crippen LogP contribution in [0.3, 0.4) is 0 Å². The molecule has 0 unspecified atom stereocenters. The summed E-state index contributed by atoms with van der Waals surface area (Å²) in [5.74, 6) is -1.09. The summed E-state index contributed by atoms with van der Waals surface area (Å²) >= 11 is 0. The number of anilines is 1. The zero-order valence-electron chi connectivity index (χ0n) is 14.1. The molecule has 6 nitrogen and oxygen atoms in total. The van der Waals surface area contributed by atoms with Crippen LogP contribution in [0.2, 0.25) is 0 Å². The SMILES string of the molecule is O=C(Nc1ccccc1F)c1ccc(S(=O)(=O)NCc2cccnc2)cc1. The Hall–Kier alpha value is -3.10. The molecule has 0 saturated carbocycles. The summed E-state index contributed by atoms with van der Waals surface area (Å²) in [6.07, 6.45) is 3.17. The van der Waals surface area contributed by atoms with Gasteiger partial charge in [0, 0.05) is 24.5 Å². The molecule has 0 radical (unpaired) electrons. The van der Waals surface area contributed by atoms with Gasteiger partial charge < -0.3 is 5.32 Å². The van der Waals surface area contributed by atoms with E-state index >= 15 is 0 Å². The molecule has 0 spiro atoms. The average Bonchev–Trinajstić information content (AvgIpc) is 2.69. The summed E-state index contributed by atoms with van der Waals surface area (Å²) in [5, 5.41) is 2.45. The monoisotopic (exact) mass is 385 g/mol. The van der Waals surface area contributed by atoms with Crippen LogP contribution in [0, 0.1) is 5.82 Å². The van der Waals surface area contributed by atoms with E-state index in [2.05, 4.69) is 15.0 Å². The summed E-state index contributed by atoms with van der Waals surface area (Å²) in [4.78, 5) is 16.1. The molecule has 0 fully saturated rings. The van der Waals surface area contributed by atoms with E-state index in [0.29, 0.717) is 0 Å². The summed E-state index contributed by atoms with van der Waals surface area (Å²) in [7, 11) is -3.74. The number of rotatable bonds is 6. The summed E-state index contributed by atoms with van der Waals surface area (Å²) in [6.45, 7) is 0.103. The molecule has 8 heteroatoms. The Bertz CT molecular complexity index is 1040. The van der Waals surface area contributed by atoms with Gasteiger partial charge in [-0.15, -0.1) is 0 Å². The first-order valence-electron chi connectivity index (χ1n) is 8.00. The number of amides is 1. The Morgan fingerprint density at radius 2 is 1.74 bits per heavy atom. The summed E-state index contributed by atoms with van der Waals surface area (Å²) in [6, 6.07) is 14.6. The van der Waals surface area contributed by atoms with Gasteiger partial charge in [-0.05, 0) is 48.0 Å². The Balaban J connectivity index is 1.68. The van der Waals surface area contributed by atoms with Gasteiger partial charge in [-0.25, -0.2) is 17.5 Å². The topological polar surface area (TPSA) is 88.2 Å². The molecule has 3 rings (SSSR count). The van der Waals surface area contributed by atoms with Crippen molar-refractivity contribution in [3.05, 3.63) is 90.0 Å². The number of pyridine rings is 1. The second-order valence-corrected chi connectivity index (χ2v) is 7.41. The molecule has 2 aromatic carbocycles. The van der Waals surface area contributed by atoms with Gasteiger partial charge in [0.2, 0.25) is 10.0 Å². The minimum Gasteiger partial charge on any atom is -0.319 e. The number of carbonyl (C=O) groups is 1. The van der Waals surface area contributed by atoms with Gasteiger partial charge in [0.25, 0.3) is 5.91 Å². The highest BCUT2D eigenvalue weighted by molar-refractivity contribution is 7.89. The van der Waals surface area contributed by atoms with E-state index in [1.165, 1.54) is 42.5 Å². The van der Waals surface area contributed by atoms with Crippen molar-refractivity contribution < 1.29 is 17.6 Å². The lowest BCUT2D eigenvalue weighted by Crippen LogP contribution is -2.23. The fourth-order valence-corrected chi connectivity index (χ4v) is 3.32. The van der Waals surface area contributed by atoms with Gasteiger partial charge in [0.1, 0.15) is 5.82 Å². The summed E-state index contributed by atoms with van der Waals surface area (Å²) < 4.78 is 40.8. The number of hydrogen-bond acceptors (Lipinski definition) is 4. The number of nitrogens with one attached hydrogen (secondary N) is 2. The van der Waals surface area contributed by atoms with Gasteiger partial charge in [-0.3, -0.25) is 9.78 Å². The number of hydrogen-bond donors (Lipinski definition) is 2. The van der Waals surface area contributed by atoms with Crippen LogP contribution in [0.25, 0.3) is 0 Å². The third-order valence-corrected chi connectivity index (χ3v) is 5.16. The molecule has 138 valence electrons. The predicted molar refractivity (Wildman–Crippen MR) is 99.1 cm³/mol. The molecule has 0 bridgehead atoms.